The molecular weight excluding hydrogens is 887 g/mol. The number of hydrogen-bond donors (Lipinski definition) is 3. The first kappa shape index (κ1) is 70.6. The lowest BCUT2D eigenvalue weighted by Gasteiger charge is -2.22. The van der Waals surface area contributed by atoms with E-state index < -0.39 is 12.1 Å². The fraction of sp³-hybridized carbons (Fsp3) is 0.939. The van der Waals surface area contributed by atoms with E-state index in [2.05, 4.69) is 31.3 Å². The highest BCUT2D eigenvalue weighted by Gasteiger charge is 2.20. The Morgan fingerprint density at radius 2 is 0.653 bits per heavy atom. The van der Waals surface area contributed by atoms with E-state index in [9.17, 15) is 19.8 Å². The largest absolute Gasteiger partial charge is 0.466 e. The van der Waals surface area contributed by atoms with Crippen molar-refractivity contribution in [3.8, 4) is 0 Å². The van der Waals surface area contributed by atoms with Crippen molar-refractivity contribution >= 4 is 11.9 Å². The molecule has 3 N–H and O–H groups in total. The van der Waals surface area contributed by atoms with Crippen LogP contribution in [0.1, 0.15) is 373 Å². The van der Waals surface area contributed by atoms with Crippen LogP contribution in [0.25, 0.3) is 0 Å². The number of allylic oxidation sites excluding steroid dienone is 2. The third-order valence-electron chi connectivity index (χ3n) is 15.6. The van der Waals surface area contributed by atoms with Gasteiger partial charge in [0.15, 0.2) is 0 Å². The van der Waals surface area contributed by atoms with Crippen molar-refractivity contribution in [1.29, 1.82) is 0 Å². The zero-order valence-electron chi connectivity index (χ0n) is 48.9. The van der Waals surface area contributed by atoms with Crippen molar-refractivity contribution in [1.82, 2.24) is 5.32 Å². The van der Waals surface area contributed by atoms with Gasteiger partial charge in [-0.15, -0.1) is 0 Å². The highest BCUT2D eigenvalue weighted by atomic mass is 16.5. The minimum absolute atomic E-state index is 0.00688. The summed E-state index contributed by atoms with van der Waals surface area (Å²) < 4.78 is 5.49. The van der Waals surface area contributed by atoms with Crippen LogP contribution in [0, 0.1) is 0 Å². The van der Waals surface area contributed by atoms with Gasteiger partial charge >= 0.3 is 5.97 Å². The van der Waals surface area contributed by atoms with Crippen molar-refractivity contribution in [2.24, 2.45) is 0 Å². The van der Waals surface area contributed by atoms with Crippen molar-refractivity contribution in [3.05, 3.63) is 12.2 Å². The fourth-order valence-corrected chi connectivity index (χ4v) is 10.5. The van der Waals surface area contributed by atoms with Crippen LogP contribution in [0.3, 0.4) is 0 Å². The van der Waals surface area contributed by atoms with E-state index in [0.717, 1.165) is 44.9 Å². The topological polar surface area (TPSA) is 95.9 Å². The fourth-order valence-electron chi connectivity index (χ4n) is 10.5. The second kappa shape index (κ2) is 62.1. The van der Waals surface area contributed by atoms with E-state index in [1.807, 2.05) is 0 Å². The maximum atomic E-state index is 12.5. The van der Waals surface area contributed by atoms with Crippen LogP contribution < -0.4 is 5.32 Å². The van der Waals surface area contributed by atoms with Crippen molar-refractivity contribution in [2.45, 2.75) is 386 Å². The Balaban J connectivity index is 3.37. The van der Waals surface area contributed by atoms with Crippen molar-refractivity contribution in [3.63, 3.8) is 0 Å². The Kier molecular flexibility index (Phi) is 60.9. The van der Waals surface area contributed by atoms with E-state index in [1.165, 1.54) is 295 Å². The average Bonchev–Trinajstić information content (AvgIpc) is 3.38. The van der Waals surface area contributed by atoms with Gasteiger partial charge in [0, 0.05) is 12.8 Å². The molecule has 428 valence electrons. The number of amides is 1. The van der Waals surface area contributed by atoms with E-state index in [4.69, 9.17) is 4.74 Å². The molecule has 0 radical (unpaired) electrons. The molecule has 6 heteroatoms. The third kappa shape index (κ3) is 57.9. The summed E-state index contributed by atoms with van der Waals surface area (Å²) in [5, 5.41) is 23.3. The zero-order valence-corrected chi connectivity index (χ0v) is 48.9. The lowest BCUT2D eigenvalue weighted by molar-refractivity contribution is -0.143. The quantitative estimate of drug-likeness (QED) is 0.0320. The smallest absolute Gasteiger partial charge is 0.305 e. The number of nitrogens with one attached hydrogen (secondary N) is 1. The van der Waals surface area contributed by atoms with Gasteiger partial charge in [-0.1, -0.05) is 321 Å². The zero-order chi connectivity index (χ0) is 52.2. The highest BCUT2D eigenvalue weighted by Crippen LogP contribution is 2.19. The van der Waals surface area contributed by atoms with Crippen molar-refractivity contribution in [2.75, 3.05) is 13.2 Å². The first-order chi connectivity index (χ1) is 35.5. The number of carbonyl (C=O) groups excluding carboxylic acids is 2. The number of aliphatic hydroxyl groups excluding tert-OH is 2. The molecule has 2 atom stereocenters. The maximum absolute atomic E-state index is 12.5. The molecule has 0 fully saturated rings. The van der Waals surface area contributed by atoms with Gasteiger partial charge in [0.05, 0.1) is 25.4 Å². The number of hydrogen-bond acceptors (Lipinski definition) is 5. The van der Waals surface area contributed by atoms with Gasteiger partial charge in [-0.2, -0.15) is 0 Å². The van der Waals surface area contributed by atoms with Gasteiger partial charge in [-0.3, -0.25) is 9.59 Å². The first-order valence-corrected chi connectivity index (χ1v) is 32.9. The Labute approximate surface area is 450 Å². The van der Waals surface area contributed by atoms with Crippen LogP contribution in [0.2, 0.25) is 0 Å². The standard InChI is InChI=1S/C66H129NO5/c1-3-5-7-9-11-13-15-17-19-27-30-34-38-42-46-50-54-58-64(69)63(62-68)67-65(70)59-55-51-47-43-39-35-31-28-25-23-21-22-24-26-29-33-37-41-45-49-53-57-61-72-66(71)60-56-52-48-44-40-36-32-20-18-16-14-12-10-8-6-4-2/h20,32,63-64,68-69H,3-19,21-31,33-62H2,1-2H3,(H,67,70)/b32-20-. The van der Waals surface area contributed by atoms with Crippen LogP contribution in [0.5, 0.6) is 0 Å². The van der Waals surface area contributed by atoms with Gasteiger partial charge in [-0.25, -0.2) is 0 Å². The monoisotopic (exact) mass is 1020 g/mol. The molecule has 6 nitrogen and oxygen atoms in total. The molecule has 1 amide bonds. The molecule has 0 aliphatic heterocycles. The van der Waals surface area contributed by atoms with Crippen LogP contribution in [-0.2, 0) is 14.3 Å². The molecule has 0 saturated heterocycles. The molecular formula is C66H129NO5. The lowest BCUT2D eigenvalue weighted by Crippen LogP contribution is -2.45. The molecule has 0 aromatic heterocycles. The van der Waals surface area contributed by atoms with E-state index in [-0.39, 0.29) is 18.5 Å². The number of aliphatic hydroxyl groups is 2. The Hall–Kier alpha value is -1.40. The highest BCUT2D eigenvalue weighted by molar-refractivity contribution is 5.76. The lowest BCUT2D eigenvalue weighted by atomic mass is 10.0. The van der Waals surface area contributed by atoms with E-state index in [0.29, 0.717) is 25.9 Å². The first-order valence-electron chi connectivity index (χ1n) is 32.9. The Bertz CT molecular complexity index is 1080. The molecule has 2 unspecified atom stereocenters. The maximum Gasteiger partial charge on any atom is 0.305 e. The van der Waals surface area contributed by atoms with Gasteiger partial charge < -0.3 is 20.3 Å². The summed E-state index contributed by atoms with van der Waals surface area (Å²) in [5.41, 5.74) is 0. The predicted octanol–water partition coefficient (Wildman–Crippen LogP) is 20.8. The number of unbranched alkanes of at least 4 members (excludes halogenated alkanes) is 49. The van der Waals surface area contributed by atoms with Gasteiger partial charge in [0.2, 0.25) is 5.91 Å². The molecule has 0 saturated carbocycles. The number of ether oxygens (including phenoxy) is 1. The summed E-state index contributed by atoms with van der Waals surface area (Å²) in [5.74, 6) is -0.0249. The molecule has 0 aliphatic carbocycles. The second-order valence-electron chi connectivity index (χ2n) is 22.8. The minimum Gasteiger partial charge on any atom is -0.466 e. The molecule has 0 rings (SSSR count). The average molecular weight is 1020 g/mol. The summed E-state index contributed by atoms with van der Waals surface area (Å²) in [7, 11) is 0. The number of carbonyl (C=O) groups is 2. The summed E-state index contributed by atoms with van der Waals surface area (Å²) in [4.78, 5) is 24.6. The summed E-state index contributed by atoms with van der Waals surface area (Å²) in [6.45, 7) is 4.98. The molecule has 0 bridgehead atoms. The Morgan fingerprint density at radius 3 is 0.986 bits per heavy atom. The van der Waals surface area contributed by atoms with Gasteiger partial charge in [-0.05, 0) is 51.4 Å². The second-order valence-corrected chi connectivity index (χ2v) is 22.8. The number of rotatable bonds is 62. The van der Waals surface area contributed by atoms with Crippen LogP contribution in [0.4, 0.5) is 0 Å². The summed E-state index contributed by atoms with van der Waals surface area (Å²) >= 11 is 0. The molecule has 0 spiro atoms. The van der Waals surface area contributed by atoms with E-state index in [1.54, 1.807) is 0 Å². The SMILES string of the molecule is CCCCCCCCC/C=C\CCCCCCCC(=O)OCCCCCCCCCCCCCCCCCCCCCCCCC(=O)NC(CO)C(O)CCCCCCCCCCCCCCCCCCC. The number of esters is 1. The van der Waals surface area contributed by atoms with Gasteiger partial charge in [0.25, 0.3) is 0 Å². The molecule has 0 heterocycles. The molecule has 0 aromatic rings. The minimum atomic E-state index is -0.664. The molecule has 72 heavy (non-hydrogen) atoms. The van der Waals surface area contributed by atoms with Crippen LogP contribution >= 0.6 is 0 Å². The normalized spacial score (nSPS) is 12.6. The van der Waals surface area contributed by atoms with Crippen molar-refractivity contribution < 1.29 is 24.5 Å². The molecule has 0 aromatic carbocycles. The summed E-state index contributed by atoms with van der Waals surface area (Å²) in [6.07, 6.45) is 75.2. The van der Waals surface area contributed by atoms with Crippen LogP contribution in [-0.4, -0.2) is 47.4 Å². The molecule has 0 aliphatic rings. The Morgan fingerprint density at radius 1 is 0.375 bits per heavy atom. The van der Waals surface area contributed by atoms with E-state index >= 15 is 0 Å². The van der Waals surface area contributed by atoms with Gasteiger partial charge in [0.1, 0.15) is 0 Å². The predicted molar refractivity (Wildman–Crippen MR) is 315 cm³/mol. The third-order valence-corrected chi connectivity index (χ3v) is 15.6. The summed E-state index contributed by atoms with van der Waals surface area (Å²) in [6, 6.07) is -0.541. The van der Waals surface area contributed by atoms with Crippen LogP contribution in [0.15, 0.2) is 12.2 Å².